The van der Waals surface area contributed by atoms with E-state index in [1.165, 1.54) is 12.1 Å². The molecule has 0 bridgehead atoms. The molecular formula is C14H16N2O4. The Morgan fingerprint density at radius 1 is 1.40 bits per heavy atom. The lowest BCUT2D eigenvalue weighted by molar-refractivity contribution is -0.129. The smallest absolute Gasteiger partial charge is 0.335 e. The highest BCUT2D eigenvalue weighted by atomic mass is 16.4. The van der Waals surface area contributed by atoms with Crippen LogP contribution in [0.15, 0.2) is 24.3 Å². The van der Waals surface area contributed by atoms with Crippen LogP contribution in [0.5, 0.6) is 0 Å². The van der Waals surface area contributed by atoms with Gasteiger partial charge in [-0.1, -0.05) is 12.1 Å². The SMILES string of the molecule is O=C1CCC(C(=O)NCc2cccc(C(=O)O)c2)CN1. The largest absolute Gasteiger partial charge is 0.478 e. The molecule has 1 aliphatic rings. The highest BCUT2D eigenvalue weighted by molar-refractivity contribution is 5.87. The lowest BCUT2D eigenvalue weighted by Gasteiger charge is -2.21. The summed E-state index contributed by atoms with van der Waals surface area (Å²) in [6.45, 7) is 0.643. The molecule has 2 rings (SSSR count). The van der Waals surface area contributed by atoms with Crippen LogP contribution in [0, 0.1) is 5.92 Å². The third kappa shape index (κ3) is 3.57. The number of hydrogen-bond donors (Lipinski definition) is 3. The molecule has 1 saturated heterocycles. The number of nitrogens with one attached hydrogen (secondary N) is 2. The maximum absolute atomic E-state index is 11.9. The van der Waals surface area contributed by atoms with Crippen LogP contribution in [0.3, 0.4) is 0 Å². The van der Waals surface area contributed by atoms with E-state index in [1.54, 1.807) is 12.1 Å². The second-order valence-electron chi connectivity index (χ2n) is 4.76. The van der Waals surface area contributed by atoms with E-state index in [4.69, 9.17) is 5.11 Å². The van der Waals surface area contributed by atoms with Crippen molar-refractivity contribution in [1.82, 2.24) is 10.6 Å². The zero-order valence-electron chi connectivity index (χ0n) is 10.9. The fourth-order valence-corrected chi connectivity index (χ4v) is 2.10. The van der Waals surface area contributed by atoms with E-state index in [1.807, 2.05) is 0 Å². The van der Waals surface area contributed by atoms with E-state index >= 15 is 0 Å². The maximum atomic E-state index is 11.9. The molecule has 6 heteroatoms. The summed E-state index contributed by atoms with van der Waals surface area (Å²) >= 11 is 0. The Balaban J connectivity index is 1.88. The lowest BCUT2D eigenvalue weighted by Crippen LogP contribution is -2.42. The van der Waals surface area contributed by atoms with Crippen molar-refractivity contribution in [3.05, 3.63) is 35.4 Å². The minimum absolute atomic E-state index is 0.0248. The van der Waals surface area contributed by atoms with Crippen LogP contribution in [-0.2, 0) is 16.1 Å². The van der Waals surface area contributed by atoms with E-state index < -0.39 is 5.97 Å². The quantitative estimate of drug-likeness (QED) is 0.747. The van der Waals surface area contributed by atoms with Crippen molar-refractivity contribution in [2.75, 3.05) is 6.54 Å². The van der Waals surface area contributed by atoms with Gasteiger partial charge in [0.05, 0.1) is 11.5 Å². The number of carboxylic acids is 1. The van der Waals surface area contributed by atoms with Gasteiger partial charge in [-0.05, 0) is 24.1 Å². The summed E-state index contributed by atoms with van der Waals surface area (Å²) in [5.41, 5.74) is 0.930. The van der Waals surface area contributed by atoms with Gasteiger partial charge in [-0.2, -0.15) is 0 Å². The van der Waals surface area contributed by atoms with Crippen LogP contribution < -0.4 is 10.6 Å². The number of hydrogen-bond acceptors (Lipinski definition) is 3. The van der Waals surface area contributed by atoms with Crippen LogP contribution >= 0.6 is 0 Å². The normalized spacial score (nSPS) is 18.2. The van der Waals surface area contributed by atoms with Gasteiger partial charge in [0.2, 0.25) is 11.8 Å². The molecule has 1 heterocycles. The Bertz CT molecular complexity index is 532. The number of carboxylic acid groups (broad SMARTS) is 1. The van der Waals surface area contributed by atoms with Crippen LogP contribution in [-0.4, -0.2) is 29.4 Å². The number of benzene rings is 1. The molecule has 3 N–H and O–H groups in total. The number of amides is 2. The number of aromatic carboxylic acids is 1. The highest BCUT2D eigenvalue weighted by Crippen LogP contribution is 2.11. The van der Waals surface area contributed by atoms with E-state index in [-0.39, 0.29) is 29.8 Å². The molecule has 0 aromatic heterocycles. The van der Waals surface area contributed by atoms with Crippen molar-refractivity contribution in [3.8, 4) is 0 Å². The van der Waals surface area contributed by atoms with E-state index in [2.05, 4.69) is 10.6 Å². The Morgan fingerprint density at radius 3 is 2.85 bits per heavy atom. The van der Waals surface area contributed by atoms with Crippen LogP contribution in [0.1, 0.15) is 28.8 Å². The van der Waals surface area contributed by atoms with E-state index in [0.29, 0.717) is 19.4 Å². The Labute approximate surface area is 116 Å². The van der Waals surface area contributed by atoms with Crippen molar-refractivity contribution in [3.63, 3.8) is 0 Å². The second-order valence-corrected chi connectivity index (χ2v) is 4.76. The summed E-state index contributed by atoms with van der Waals surface area (Å²) in [6, 6.07) is 6.44. The van der Waals surface area contributed by atoms with E-state index in [0.717, 1.165) is 5.56 Å². The monoisotopic (exact) mass is 276 g/mol. The molecule has 1 aliphatic heterocycles. The van der Waals surface area contributed by atoms with E-state index in [9.17, 15) is 14.4 Å². The molecule has 2 amide bonds. The minimum Gasteiger partial charge on any atom is -0.478 e. The molecule has 1 aromatic rings. The Morgan fingerprint density at radius 2 is 2.20 bits per heavy atom. The first-order valence-electron chi connectivity index (χ1n) is 6.43. The van der Waals surface area contributed by atoms with Gasteiger partial charge in [-0.25, -0.2) is 4.79 Å². The van der Waals surface area contributed by atoms with Gasteiger partial charge in [0.25, 0.3) is 0 Å². The average Bonchev–Trinajstić information content (AvgIpc) is 2.46. The van der Waals surface area contributed by atoms with Gasteiger partial charge in [0.1, 0.15) is 0 Å². The summed E-state index contributed by atoms with van der Waals surface area (Å²) in [5, 5.41) is 14.3. The van der Waals surface area contributed by atoms with Crippen molar-refractivity contribution >= 4 is 17.8 Å². The van der Waals surface area contributed by atoms with Gasteiger partial charge in [-0.15, -0.1) is 0 Å². The third-order valence-electron chi connectivity index (χ3n) is 3.28. The molecule has 20 heavy (non-hydrogen) atoms. The van der Waals surface area contributed by atoms with Gasteiger partial charge in [-0.3, -0.25) is 9.59 Å². The molecule has 6 nitrogen and oxygen atoms in total. The Kier molecular flexibility index (Phi) is 4.34. The molecule has 1 unspecified atom stereocenters. The number of carbonyl (C=O) groups excluding carboxylic acids is 2. The topological polar surface area (TPSA) is 95.5 Å². The van der Waals surface area contributed by atoms with Crippen molar-refractivity contribution < 1.29 is 19.5 Å². The first-order valence-corrected chi connectivity index (χ1v) is 6.43. The molecule has 1 aromatic carbocycles. The second kappa shape index (κ2) is 6.18. The van der Waals surface area contributed by atoms with Crippen LogP contribution in [0.25, 0.3) is 0 Å². The van der Waals surface area contributed by atoms with Gasteiger partial charge in [0, 0.05) is 19.5 Å². The predicted molar refractivity (Wildman–Crippen MR) is 71.0 cm³/mol. The number of rotatable bonds is 4. The summed E-state index contributed by atoms with van der Waals surface area (Å²) < 4.78 is 0. The summed E-state index contributed by atoms with van der Waals surface area (Å²) in [6.07, 6.45) is 0.916. The summed E-state index contributed by atoms with van der Waals surface area (Å²) in [5.74, 6) is -1.35. The molecule has 0 aliphatic carbocycles. The van der Waals surface area contributed by atoms with Gasteiger partial charge < -0.3 is 15.7 Å². The highest BCUT2D eigenvalue weighted by Gasteiger charge is 2.23. The average molecular weight is 276 g/mol. The van der Waals surface area contributed by atoms with Crippen molar-refractivity contribution in [2.45, 2.75) is 19.4 Å². The van der Waals surface area contributed by atoms with Crippen LogP contribution in [0.2, 0.25) is 0 Å². The van der Waals surface area contributed by atoms with Crippen molar-refractivity contribution in [1.29, 1.82) is 0 Å². The summed E-state index contributed by atoms with van der Waals surface area (Å²) in [4.78, 5) is 33.8. The van der Waals surface area contributed by atoms with Gasteiger partial charge in [0.15, 0.2) is 0 Å². The minimum atomic E-state index is -0.992. The lowest BCUT2D eigenvalue weighted by atomic mass is 9.98. The Hall–Kier alpha value is -2.37. The maximum Gasteiger partial charge on any atom is 0.335 e. The number of piperidine rings is 1. The summed E-state index contributed by atoms with van der Waals surface area (Å²) in [7, 11) is 0. The standard InChI is InChI=1S/C14H16N2O4/c17-12-5-4-11(8-15-12)13(18)16-7-9-2-1-3-10(6-9)14(19)20/h1-3,6,11H,4-5,7-8H2,(H,15,17)(H,16,18)(H,19,20). The number of carbonyl (C=O) groups is 3. The fourth-order valence-electron chi connectivity index (χ4n) is 2.10. The fraction of sp³-hybridized carbons (Fsp3) is 0.357. The van der Waals surface area contributed by atoms with Crippen molar-refractivity contribution in [2.24, 2.45) is 5.92 Å². The zero-order chi connectivity index (χ0) is 14.5. The van der Waals surface area contributed by atoms with Crippen LogP contribution in [0.4, 0.5) is 0 Å². The zero-order valence-corrected chi connectivity index (χ0v) is 10.9. The molecule has 0 saturated carbocycles. The third-order valence-corrected chi connectivity index (χ3v) is 3.28. The molecular weight excluding hydrogens is 260 g/mol. The van der Waals surface area contributed by atoms with Gasteiger partial charge >= 0.3 is 5.97 Å². The molecule has 0 radical (unpaired) electrons. The molecule has 106 valence electrons. The molecule has 1 atom stereocenters. The molecule has 0 spiro atoms. The predicted octanol–water partition coefficient (Wildman–Crippen LogP) is 0.527. The first-order chi connectivity index (χ1) is 9.56. The first kappa shape index (κ1) is 14.0. The molecule has 1 fully saturated rings.